The third-order valence-electron chi connectivity index (χ3n) is 4.77. The van der Waals surface area contributed by atoms with Crippen molar-refractivity contribution in [2.24, 2.45) is 0 Å². The van der Waals surface area contributed by atoms with E-state index < -0.39 is 18.4 Å². The highest BCUT2D eigenvalue weighted by atomic mass is 19.3. The van der Waals surface area contributed by atoms with Crippen molar-refractivity contribution < 1.29 is 13.6 Å². The summed E-state index contributed by atoms with van der Waals surface area (Å²) in [7, 11) is 0. The average Bonchev–Trinajstić information content (AvgIpc) is 3.19. The maximum absolute atomic E-state index is 13.2. The molecule has 0 saturated carbocycles. The molecule has 1 amide bonds. The molecule has 1 aromatic heterocycles. The average molecular weight is 347 g/mol. The lowest BCUT2D eigenvalue weighted by atomic mass is 10.1. The van der Waals surface area contributed by atoms with Gasteiger partial charge in [-0.05, 0) is 55.9 Å². The van der Waals surface area contributed by atoms with Gasteiger partial charge in [0, 0.05) is 11.7 Å². The number of hydrogen-bond acceptors (Lipinski definition) is 4. The number of halogens is 2. The molecule has 0 radical (unpaired) electrons. The van der Waals surface area contributed by atoms with Crippen molar-refractivity contribution in [1.82, 2.24) is 14.8 Å². The predicted octanol–water partition coefficient (Wildman–Crippen LogP) is 3.03. The summed E-state index contributed by atoms with van der Waals surface area (Å²) in [6.45, 7) is 1.80. The van der Waals surface area contributed by atoms with E-state index in [-0.39, 0.29) is 24.2 Å². The van der Waals surface area contributed by atoms with Gasteiger partial charge in [-0.2, -0.15) is 4.98 Å². The second kappa shape index (κ2) is 6.09. The molecule has 1 aliphatic carbocycles. The van der Waals surface area contributed by atoms with Crippen LogP contribution in [0.25, 0.3) is 0 Å². The number of aromatic nitrogens is 3. The van der Waals surface area contributed by atoms with Gasteiger partial charge >= 0.3 is 0 Å². The van der Waals surface area contributed by atoms with E-state index in [1.54, 1.807) is 6.92 Å². The molecule has 2 N–H and O–H groups in total. The van der Waals surface area contributed by atoms with E-state index >= 15 is 0 Å². The molecule has 1 aliphatic heterocycles. The first kappa shape index (κ1) is 16.0. The number of nitrogens with one attached hydrogen (secondary N) is 2. The Hall–Kier alpha value is -2.51. The summed E-state index contributed by atoms with van der Waals surface area (Å²) < 4.78 is 27.6. The summed E-state index contributed by atoms with van der Waals surface area (Å²) in [5, 5.41) is 9.76. The van der Waals surface area contributed by atoms with Gasteiger partial charge in [-0.1, -0.05) is 6.07 Å². The lowest BCUT2D eigenvalue weighted by molar-refractivity contribution is 0.0662. The highest BCUT2D eigenvalue weighted by Crippen LogP contribution is 2.30. The number of fused-ring (bicyclic) bond motifs is 2. The van der Waals surface area contributed by atoms with E-state index in [4.69, 9.17) is 0 Å². The Balaban J connectivity index is 1.56. The summed E-state index contributed by atoms with van der Waals surface area (Å²) >= 11 is 0. The van der Waals surface area contributed by atoms with Crippen LogP contribution in [0.15, 0.2) is 18.2 Å². The lowest BCUT2D eigenvalue weighted by Gasteiger charge is -2.28. The first-order valence-electron chi connectivity index (χ1n) is 8.45. The maximum Gasteiger partial charge on any atom is 0.295 e. The fourth-order valence-corrected chi connectivity index (χ4v) is 3.54. The monoisotopic (exact) mass is 347 g/mol. The Morgan fingerprint density at radius 2 is 2.16 bits per heavy atom. The summed E-state index contributed by atoms with van der Waals surface area (Å²) in [5.74, 6) is -0.395. The van der Waals surface area contributed by atoms with Gasteiger partial charge in [-0.3, -0.25) is 4.79 Å². The van der Waals surface area contributed by atoms with E-state index in [2.05, 4.69) is 20.7 Å². The molecule has 2 unspecified atom stereocenters. The van der Waals surface area contributed by atoms with Gasteiger partial charge in [0.25, 0.3) is 12.3 Å². The van der Waals surface area contributed by atoms with Crippen LogP contribution in [-0.4, -0.2) is 33.1 Å². The van der Waals surface area contributed by atoms with Crippen molar-refractivity contribution >= 4 is 17.5 Å². The molecule has 8 heteroatoms. The van der Waals surface area contributed by atoms with Gasteiger partial charge in [-0.25, -0.2) is 13.5 Å². The minimum absolute atomic E-state index is 0.109. The predicted molar refractivity (Wildman–Crippen MR) is 89.2 cm³/mol. The van der Waals surface area contributed by atoms with Crippen LogP contribution in [0.4, 0.5) is 20.4 Å². The minimum Gasteiger partial charge on any atom is -0.352 e. The van der Waals surface area contributed by atoms with Gasteiger partial charge in [-0.15, -0.1) is 5.10 Å². The fraction of sp³-hybridized carbons (Fsp3) is 0.471. The van der Waals surface area contributed by atoms with E-state index in [0.717, 1.165) is 23.9 Å². The molecule has 2 aromatic rings. The van der Waals surface area contributed by atoms with Gasteiger partial charge in [0.05, 0.1) is 0 Å². The topological polar surface area (TPSA) is 71.8 Å². The van der Waals surface area contributed by atoms with Crippen LogP contribution < -0.4 is 10.6 Å². The SMILES string of the molecule is CC1CC(C(F)F)n2nc(C(=O)Nc3ccc4c(c3)CCC4)nc2N1. The second-order valence-electron chi connectivity index (χ2n) is 6.68. The molecule has 0 fully saturated rings. The minimum atomic E-state index is -2.56. The first-order chi connectivity index (χ1) is 12.0. The first-order valence-corrected chi connectivity index (χ1v) is 8.45. The van der Waals surface area contributed by atoms with Crippen LogP contribution in [0.2, 0.25) is 0 Å². The number of rotatable bonds is 3. The van der Waals surface area contributed by atoms with Crippen LogP contribution in [0.5, 0.6) is 0 Å². The molecule has 25 heavy (non-hydrogen) atoms. The molecule has 0 saturated heterocycles. The quantitative estimate of drug-likeness (QED) is 0.895. The van der Waals surface area contributed by atoms with Crippen LogP contribution in [0.3, 0.4) is 0 Å². The third kappa shape index (κ3) is 2.96. The zero-order valence-corrected chi connectivity index (χ0v) is 13.8. The Morgan fingerprint density at radius 1 is 1.36 bits per heavy atom. The van der Waals surface area contributed by atoms with Crippen molar-refractivity contribution in [3.63, 3.8) is 0 Å². The van der Waals surface area contributed by atoms with Crippen LogP contribution in [-0.2, 0) is 12.8 Å². The zero-order valence-electron chi connectivity index (χ0n) is 13.8. The summed E-state index contributed by atoms with van der Waals surface area (Å²) in [4.78, 5) is 16.5. The van der Waals surface area contributed by atoms with E-state index in [0.29, 0.717) is 5.69 Å². The summed E-state index contributed by atoms with van der Waals surface area (Å²) in [6.07, 6.45) is 0.879. The Labute approximate surface area is 143 Å². The number of alkyl halides is 2. The number of hydrogen-bond donors (Lipinski definition) is 2. The van der Waals surface area contributed by atoms with E-state index in [9.17, 15) is 13.6 Å². The van der Waals surface area contributed by atoms with Crippen molar-refractivity contribution in [2.75, 3.05) is 10.6 Å². The molecule has 1 aromatic carbocycles. The number of aryl methyl sites for hydroxylation is 2. The summed E-state index contributed by atoms with van der Waals surface area (Å²) in [5.41, 5.74) is 3.22. The van der Waals surface area contributed by atoms with E-state index in [1.165, 1.54) is 11.1 Å². The number of amides is 1. The molecule has 4 rings (SSSR count). The third-order valence-corrected chi connectivity index (χ3v) is 4.77. The van der Waals surface area contributed by atoms with Crippen LogP contribution in [0, 0.1) is 0 Å². The number of carbonyl (C=O) groups is 1. The number of anilines is 2. The van der Waals surface area contributed by atoms with Crippen molar-refractivity contribution in [3.05, 3.63) is 35.2 Å². The fourth-order valence-electron chi connectivity index (χ4n) is 3.54. The van der Waals surface area contributed by atoms with Crippen molar-refractivity contribution in [1.29, 1.82) is 0 Å². The van der Waals surface area contributed by atoms with Crippen molar-refractivity contribution in [3.8, 4) is 0 Å². The molecule has 0 bridgehead atoms. The smallest absolute Gasteiger partial charge is 0.295 e. The summed E-state index contributed by atoms with van der Waals surface area (Å²) in [6, 6.07) is 4.60. The highest BCUT2D eigenvalue weighted by molar-refractivity contribution is 6.01. The zero-order chi connectivity index (χ0) is 17.6. The maximum atomic E-state index is 13.2. The highest BCUT2D eigenvalue weighted by Gasteiger charge is 2.34. The normalized spacial score (nSPS) is 21.6. The molecular weight excluding hydrogens is 328 g/mol. The van der Waals surface area contributed by atoms with E-state index in [1.807, 2.05) is 18.2 Å². The standard InChI is InChI=1S/C17H19F2N5O/c1-9-7-13(14(18)19)24-17(20-9)22-15(23-24)16(25)21-12-6-5-10-3-2-4-11(10)8-12/h5-6,8-9,13-14H,2-4,7H2,1H3,(H,21,25)(H,20,22,23). The van der Waals surface area contributed by atoms with Gasteiger partial charge in [0.2, 0.25) is 11.8 Å². The largest absolute Gasteiger partial charge is 0.352 e. The molecule has 2 atom stereocenters. The molecular formula is C17H19F2N5O. The number of carbonyl (C=O) groups excluding carboxylic acids is 1. The molecule has 6 nitrogen and oxygen atoms in total. The number of nitrogens with zero attached hydrogens (tertiary/aromatic N) is 3. The van der Waals surface area contributed by atoms with Crippen LogP contribution in [0.1, 0.15) is 47.6 Å². The van der Waals surface area contributed by atoms with Gasteiger partial charge in [0.1, 0.15) is 6.04 Å². The number of benzene rings is 1. The molecule has 2 aliphatic rings. The Kier molecular flexibility index (Phi) is 3.89. The Morgan fingerprint density at radius 3 is 2.96 bits per heavy atom. The Bertz CT molecular complexity index is 819. The lowest BCUT2D eigenvalue weighted by Crippen LogP contribution is -2.33. The molecule has 2 heterocycles. The van der Waals surface area contributed by atoms with Gasteiger partial charge in [0.15, 0.2) is 0 Å². The van der Waals surface area contributed by atoms with Gasteiger partial charge < -0.3 is 10.6 Å². The second-order valence-corrected chi connectivity index (χ2v) is 6.68. The molecule has 0 spiro atoms. The van der Waals surface area contributed by atoms with Crippen LogP contribution >= 0.6 is 0 Å². The molecule has 132 valence electrons. The van der Waals surface area contributed by atoms with Crippen molar-refractivity contribution in [2.45, 2.75) is 51.1 Å².